The van der Waals surface area contributed by atoms with Crippen molar-refractivity contribution in [2.24, 2.45) is 5.92 Å². The molecule has 1 aliphatic carbocycles. The summed E-state index contributed by atoms with van der Waals surface area (Å²) >= 11 is 0. The van der Waals surface area contributed by atoms with Crippen molar-refractivity contribution in [2.45, 2.75) is 52.9 Å². The molecule has 1 aromatic carbocycles. The number of Topliss-reactive ketones (excluding diaryl/α,β-unsaturated/α-hetero) is 1. The summed E-state index contributed by atoms with van der Waals surface area (Å²) in [5, 5.41) is 30.6. The van der Waals surface area contributed by atoms with Crippen LogP contribution in [0.4, 0.5) is 0 Å². The minimum atomic E-state index is -0.351. The van der Waals surface area contributed by atoms with Crippen LogP contribution in [0.2, 0.25) is 0 Å². The van der Waals surface area contributed by atoms with E-state index in [1.165, 1.54) is 0 Å². The van der Waals surface area contributed by atoms with Crippen LogP contribution in [-0.4, -0.2) is 21.1 Å². The summed E-state index contributed by atoms with van der Waals surface area (Å²) in [4.78, 5) is 12.7. The summed E-state index contributed by atoms with van der Waals surface area (Å²) < 4.78 is 0. The minimum Gasteiger partial charge on any atom is -0.507 e. The van der Waals surface area contributed by atoms with E-state index in [1.54, 1.807) is 6.92 Å². The van der Waals surface area contributed by atoms with Crippen molar-refractivity contribution < 1.29 is 20.1 Å². The van der Waals surface area contributed by atoms with Crippen LogP contribution in [0.5, 0.6) is 17.2 Å². The zero-order valence-electron chi connectivity index (χ0n) is 13.4. The zero-order chi connectivity index (χ0) is 16.4. The highest BCUT2D eigenvalue weighted by atomic mass is 16.3. The normalized spacial score (nSPS) is 15.6. The maximum Gasteiger partial charge on any atom is 0.173 e. The molecule has 1 fully saturated rings. The second kappa shape index (κ2) is 6.42. The summed E-state index contributed by atoms with van der Waals surface area (Å²) in [6, 6.07) is 1.15. The van der Waals surface area contributed by atoms with E-state index >= 15 is 0 Å². The summed E-state index contributed by atoms with van der Waals surface area (Å²) in [7, 11) is 0. The van der Waals surface area contributed by atoms with Gasteiger partial charge in [0.25, 0.3) is 0 Å². The van der Waals surface area contributed by atoms with Crippen molar-refractivity contribution in [3.8, 4) is 17.2 Å². The number of rotatable bonds is 3. The molecule has 1 saturated carbocycles. The van der Waals surface area contributed by atoms with E-state index in [4.69, 9.17) is 0 Å². The van der Waals surface area contributed by atoms with E-state index in [-0.39, 0.29) is 40.1 Å². The largest absolute Gasteiger partial charge is 0.507 e. The van der Waals surface area contributed by atoms with Crippen molar-refractivity contribution in [3.05, 3.63) is 22.8 Å². The molecule has 4 nitrogen and oxygen atoms in total. The molecule has 0 heterocycles. The fraction of sp³-hybridized carbons (Fsp3) is 0.500. The maximum atomic E-state index is 12.7. The fourth-order valence-corrected chi connectivity index (χ4v) is 3.07. The molecule has 3 N–H and O–H groups in total. The molecule has 22 heavy (non-hydrogen) atoms. The molecule has 0 atom stereocenters. The Morgan fingerprint density at radius 2 is 1.50 bits per heavy atom. The Kier molecular flexibility index (Phi) is 4.79. The Labute approximate surface area is 131 Å². The van der Waals surface area contributed by atoms with Crippen LogP contribution < -0.4 is 0 Å². The molecule has 1 aliphatic rings. The maximum absolute atomic E-state index is 12.7. The topological polar surface area (TPSA) is 77.8 Å². The van der Waals surface area contributed by atoms with Gasteiger partial charge in [0, 0.05) is 12.0 Å². The molecule has 0 saturated heterocycles. The van der Waals surface area contributed by atoms with Crippen LogP contribution >= 0.6 is 0 Å². The van der Waals surface area contributed by atoms with Crippen molar-refractivity contribution in [1.82, 2.24) is 0 Å². The highest BCUT2D eigenvalue weighted by Crippen LogP contribution is 2.44. The third kappa shape index (κ3) is 2.96. The summed E-state index contributed by atoms with van der Waals surface area (Å²) in [6.45, 7) is 5.50. The summed E-state index contributed by atoms with van der Waals surface area (Å²) in [5.74, 6) is -1.26. The van der Waals surface area contributed by atoms with Crippen molar-refractivity contribution in [1.29, 1.82) is 0 Å². The Morgan fingerprint density at radius 1 is 0.955 bits per heavy atom. The van der Waals surface area contributed by atoms with Crippen LogP contribution in [0.15, 0.2) is 11.6 Å². The molecular weight excluding hydrogens is 280 g/mol. The number of allylic oxidation sites excluding steroid dienone is 2. The SMILES string of the molecule is CC(C)=C(C)c1c(O)cc(O)c(C(=O)C2CCCCC2)c1O. The Balaban J connectivity index is 2.54. The number of hydrogen-bond acceptors (Lipinski definition) is 4. The number of benzene rings is 1. The van der Waals surface area contributed by atoms with Crippen LogP contribution in [0.3, 0.4) is 0 Å². The molecule has 0 spiro atoms. The lowest BCUT2D eigenvalue weighted by molar-refractivity contribution is 0.0883. The lowest BCUT2D eigenvalue weighted by atomic mass is 9.82. The first-order valence-electron chi connectivity index (χ1n) is 7.81. The Morgan fingerprint density at radius 3 is 2.05 bits per heavy atom. The number of aromatic hydroxyl groups is 3. The van der Waals surface area contributed by atoms with Crippen molar-refractivity contribution >= 4 is 11.4 Å². The van der Waals surface area contributed by atoms with Gasteiger partial charge in [0.2, 0.25) is 0 Å². The van der Waals surface area contributed by atoms with Crippen molar-refractivity contribution in [3.63, 3.8) is 0 Å². The number of phenolic OH excluding ortho intramolecular Hbond substituents is 3. The predicted octanol–water partition coefficient (Wildman–Crippen LogP) is 4.38. The van der Waals surface area contributed by atoms with Gasteiger partial charge in [-0.15, -0.1) is 0 Å². The molecule has 2 rings (SSSR count). The predicted molar refractivity (Wildman–Crippen MR) is 86.3 cm³/mol. The van der Waals surface area contributed by atoms with E-state index in [0.717, 1.165) is 43.7 Å². The van der Waals surface area contributed by atoms with E-state index in [0.29, 0.717) is 5.57 Å². The first-order valence-corrected chi connectivity index (χ1v) is 7.81. The van der Waals surface area contributed by atoms with Crippen LogP contribution in [0, 0.1) is 5.92 Å². The standard InChI is InChI=1S/C18H24O4/c1-10(2)11(3)15-13(19)9-14(20)16(18(15)22)17(21)12-7-5-4-6-8-12/h9,12,19-20,22H,4-8H2,1-3H3. The first kappa shape index (κ1) is 16.4. The Bertz CT molecular complexity index is 618. The van der Waals surface area contributed by atoms with Gasteiger partial charge in [0.05, 0.1) is 5.56 Å². The third-order valence-electron chi connectivity index (χ3n) is 4.61. The quantitative estimate of drug-likeness (QED) is 0.724. The number of carbonyl (C=O) groups is 1. The van der Waals surface area contributed by atoms with Gasteiger partial charge in [-0.25, -0.2) is 0 Å². The number of carbonyl (C=O) groups excluding carboxylic acids is 1. The number of phenols is 3. The molecule has 0 unspecified atom stereocenters. The highest BCUT2D eigenvalue weighted by Gasteiger charge is 2.29. The third-order valence-corrected chi connectivity index (χ3v) is 4.61. The molecule has 0 radical (unpaired) electrons. The summed E-state index contributed by atoms with van der Waals surface area (Å²) in [5.41, 5.74) is 1.80. The molecule has 0 bridgehead atoms. The molecule has 0 aliphatic heterocycles. The molecule has 0 amide bonds. The smallest absolute Gasteiger partial charge is 0.173 e. The van der Waals surface area contributed by atoms with Gasteiger partial charge >= 0.3 is 0 Å². The lowest BCUT2D eigenvalue weighted by Gasteiger charge is -2.22. The van der Waals surface area contributed by atoms with E-state index in [1.807, 2.05) is 13.8 Å². The number of ketones is 1. The van der Waals surface area contributed by atoms with Crippen LogP contribution in [0.25, 0.3) is 5.57 Å². The van der Waals surface area contributed by atoms with Gasteiger partial charge in [-0.05, 0) is 39.2 Å². The van der Waals surface area contributed by atoms with Gasteiger partial charge < -0.3 is 15.3 Å². The monoisotopic (exact) mass is 304 g/mol. The van der Waals surface area contributed by atoms with Gasteiger partial charge in [-0.1, -0.05) is 24.8 Å². The lowest BCUT2D eigenvalue weighted by Crippen LogP contribution is -2.18. The Hall–Kier alpha value is -1.97. The fourth-order valence-electron chi connectivity index (χ4n) is 3.07. The summed E-state index contributed by atoms with van der Waals surface area (Å²) in [6.07, 6.45) is 4.69. The van der Waals surface area contributed by atoms with E-state index < -0.39 is 0 Å². The second-order valence-electron chi connectivity index (χ2n) is 6.34. The average molecular weight is 304 g/mol. The van der Waals surface area contributed by atoms with E-state index in [2.05, 4.69) is 0 Å². The van der Waals surface area contributed by atoms with Crippen molar-refractivity contribution in [2.75, 3.05) is 0 Å². The number of hydrogen-bond donors (Lipinski definition) is 3. The van der Waals surface area contributed by atoms with Gasteiger partial charge in [-0.2, -0.15) is 0 Å². The molecule has 120 valence electrons. The molecule has 4 heteroatoms. The highest BCUT2D eigenvalue weighted by molar-refractivity contribution is 6.04. The minimum absolute atomic E-state index is 0.0553. The van der Waals surface area contributed by atoms with Crippen LogP contribution in [0.1, 0.15) is 68.8 Å². The second-order valence-corrected chi connectivity index (χ2v) is 6.34. The van der Waals surface area contributed by atoms with Crippen LogP contribution in [-0.2, 0) is 0 Å². The van der Waals surface area contributed by atoms with Gasteiger partial charge in [0.15, 0.2) is 5.78 Å². The van der Waals surface area contributed by atoms with E-state index in [9.17, 15) is 20.1 Å². The average Bonchev–Trinajstić information content (AvgIpc) is 2.47. The molecule has 0 aromatic heterocycles. The molecule has 1 aromatic rings. The van der Waals surface area contributed by atoms with Gasteiger partial charge in [-0.3, -0.25) is 4.79 Å². The zero-order valence-corrected chi connectivity index (χ0v) is 13.4. The first-order chi connectivity index (χ1) is 10.3. The van der Waals surface area contributed by atoms with Gasteiger partial charge in [0.1, 0.15) is 22.8 Å². The molecular formula is C18H24O4.